The lowest BCUT2D eigenvalue weighted by Crippen LogP contribution is -3.13. The number of hydrogen-bond donors (Lipinski definition) is 1. The Morgan fingerprint density at radius 3 is 2.64 bits per heavy atom. The minimum absolute atomic E-state index is 0.169. The molecule has 0 aliphatic carbocycles. The van der Waals surface area contributed by atoms with Gasteiger partial charge >= 0.3 is 0 Å². The molecule has 4 rings (SSSR count). The molecule has 0 saturated carbocycles. The van der Waals surface area contributed by atoms with E-state index in [1.54, 1.807) is 11.3 Å². The highest BCUT2D eigenvalue weighted by Gasteiger charge is 2.25. The summed E-state index contributed by atoms with van der Waals surface area (Å²) < 4.78 is 1.18. The van der Waals surface area contributed by atoms with Crippen LogP contribution in [-0.4, -0.2) is 37.0 Å². The second-order valence-electron chi connectivity index (χ2n) is 6.50. The van der Waals surface area contributed by atoms with Crippen molar-refractivity contribution in [3.05, 3.63) is 70.1 Å². The van der Waals surface area contributed by atoms with Crippen molar-refractivity contribution in [3.8, 4) is 0 Å². The summed E-state index contributed by atoms with van der Waals surface area (Å²) in [7, 11) is 0. The summed E-state index contributed by atoms with van der Waals surface area (Å²) in [4.78, 5) is 17.1. The molecule has 3 aromatic rings. The first-order valence-corrected chi connectivity index (χ1v) is 9.74. The van der Waals surface area contributed by atoms with Crippen LogP contribution in [-0.2, 0) is 6.54 Å². The normalized spacial score (nSPS) is 15.6. The number of carbonyl (C=O) groups is 1. The van der Waals surface area contributed by atoms with Crippen LogP contribution in [0.15, 0.2) is 54.6 Å². The van der Waals surface area contributed by atoms with Gasteiger partial charge in [0.1, 0.15) is 6.54 Å². The van der Waals surface area contributed by atoms with Crippen molar-refractivity contribution in [1.29, 1.82) is 0 Å². The van der Waals surface area contributed by atoms with Crippen LogP contribution in [0.4, 0.5) is 0 Å². The van der Waals surface area contributed by atoms with E-state index in [2.05, 4.69) is 18.2 Å². The number of quaternary nitrogens is 1. The van der Waals surface area contributed by atoms with E-state index in [-0.39, 0.29) is 5.91 Å². The number of amides is 1. The maximum Gasteiger partial charge on any atom is 0.264 e. The van der Waals surface area contributed by atoms with Gasteiger partial charge in [-0.05, 0) is 29.7 Å². The molecule has 0 radical (unpaired) electrons. The van der Waals surface area contributed by atoms with Crippen molar-refractivity contribution in [2.45, 2.75) is 6.54 Å². The van der Waals surface area contributed by atoms with Crippen molar-refractivity contribution in [3.63, 3.8) is 0 Å². The van der Waals surface area contributed by atoms with Gasteiger partial charge < -0.3 is 9.80 Å². The molecule has 1 fully saturated rings. The molecule has 0 unspecified atom stereocenters. The summed E-state index contributed by atoms with van der Waals surface area (Å²) in [6, 6.07) is 18.2. The Labute approximate surface area is 156 Å². The van der Waals surface area contributed by atoms with E-state index in [4.69, 9.17) is 11.6 Å². The van der Waals surface area contributed by atoms with Crippen LogP contribution >= 0.6 is 22.9 Å². The summed E-state index contributed by atoms with van der Waals surface area (Å²) in [5.74, 6) is 0.169. The van der Waals surface area contributed by atoms with Crippen LogP contribution < -0.4 is 4.90 Å². The Bertz CT molecular complexity index is 866. The average molecular weight is 372 g/mol. The smallest absolute Gasteiger partial charge is 0.264 e. The SMILES string of the molecule is O=C(c1cc2ccccc2s1)N1CC[NH+](Cc2cccc(Cl)c2)CC1. The number of hydrogen-bond acceptors (Lipinski definition) is 2. The first-order valence-electron chi connectivity index (χ1n) is 8.55. The predicted octanol–water partition coefficient (Wildman–Crippen LogP) is 3.10. The highest BCUT2D eigenvalue weighted by atomic mass is 35.5. The van der Waals surface area contributed by atoms with E-state index >= 15 is 0 Å². The molecule has 1 amide bonds. The van der Waals surface area contributed by atoms with Crippen LogP contribution in [0, 0.1) is 0 Å². The van der Waals surface area contributed by atoms with Gasteiger partial charge in [0.2, 0.25) is 0 Å². The largest absolute Gasteiger partial charge is 0.328 e. The molecular formula is C20H20ClN2OS+. The number of thiophene rings is 1. The van der Waals surface area contributed by atoms with E-state index in [9.17, 15) is 4.79 Å². The van der Waals surface area contributed by atoms with Crippen LogP contribution in [0.2, 0.25) is 5.02 Å². The maximum absolute atomic E-state index is 12.8. The van der Waals surface area contributed by atoms with Gasteiger partial charge in [0.05, 0.1) is 31.1 Å². The van der Waals surface area contributed by atoms with Crippen molar-refractivity contribution in [2.75, 3.05) is 26.2 Å². The molecule has 3 nitrogen and oxygen atoms in total. The number of nitrogens with one attached hydrogen (secondary N) is 1. The minimum Gasteiger partial charge on any atom is -0.328 e. The zero-order valence-corrected chi connectivity index (χ0v) is 15.4. The van der Waals surface area contributed by atoms with Crippen LogP contribution in [0.5, 0.6) is 0 Å². The van der Waals surface area contributed by atoms with Crippen molar-refractivity contribution in [1.82, 2.24) is 4.90 Å². The van der Waals surface area contributed by atoms with Gasteiger partial charge in [-0.1, -0.05) is 41.9 Å². The van der Waals surface area contributed by atoms with Crippen LogP contribution in [0.1, 0.15) is 15.2 Å². The Kier molecular flexibility index (Phi) is 4.75. The first-order chi connectivity index (χ1) is 12.2. The Balaban J connectivity index is 1.38. The van der Waals surface area contributed by atoms with Crippen molar-refractivity contribution >= 4 is 38.9 Å². The molecule has 1 aliphatic heterocycles. The molecule has 0 spiro atoms. The Hall–Kier alpha value is -1.88. The number of nitrogens with zero attached hydrogens (tertiary/aromatic N) is 1. The van der Waals surface area contributed by atoms with Gasteiger partial charge in [0, 0.05) is 15.3 Å². The Morgan fingerprint density at radius 1 is 1.08 bits per heavy atom. The molecule has 1 aliphatic rings. The lowest BCUT2D eigenvalue weighted by molar-refractivity contribution is -0.917. The average Bonchev–Trinajstić information content (AvgIpc) is 3.06. The number of rotatable bonds is 3. The highest BCUT2D eigenvalue weighted by Crippen LogP contribution is 2.26. The number of carbonyl (C=O) groups excluding carboxylic acids is 1. The summed E-state index contributed by atoms with van der Waals surface area (Å²) in [5, 5.41) is 1.94. The monoisotopic (exact) mass is 371 g/mol. The van der Waals surface area contributed by atoms with E-state index in [1.165, 1.54) is 15.2 Å². The zero-order chi connectivity index (χ0) is 17.2. The zero-order valence-electron chi connectivity index (χ0n) is 13.9. The van der Waals surface area contributed by atoms with Gasteiger partial charge in [-0.15, -0.1) is 11.3 Å². The van der Waals surface area contributed by atoms with Crippen LogP contribution in [0.25, 0.3) is 10.1 Å². The molecule has 1 saturated heterocycles. The molecule has 25 heavy (non-hydrogen) atoms. The van der Waals surface area contributed by atoms with Gasteiger partial charge in [-0.25, -0.2) is 0 Å². The molecule has 1 aromatic heterocycles. The number of fused-ring (bicyclic) bond motifs is 1. The molecule has 0 atom stereocenters. The van der Waals surface area contributed by atoms with Crippen molar-refractivity contribution in [2.24, 2.45) is 0 Å². The molecule has 2 aromatic carbocycles. The third kappa shape index (κ3) is 3.71. The first kappa shape index (κ1) is 16.6. The van der Waals surface area contributed by atoms with E-state index < -0.39 is 0 Å². The Morgan fingerprint density at radius 2 is 1.88 bits per heavy atom. The van der Waals surface area contributed by atoms with Gasteiger partial charge in [-0.2, -0.15) is 0 Å². The number of halogens is 1. The molecule has 5 heteroatoms. The lowest BCUT2D eigenvalue weighted by Gasteiger charge is -2.32. The van der Waals surface area contributed by atoms with Crippen molar-refractivity contribution < 1.29 is 9.69 Å². The lowest BCUT2D eigenvalue weighted by atomic mass is 10.2. The standard InChI is InChI=1S/C20H19ClN2OS/c21-17-6-3-4-15(12-17)14-22-8-10-23(11-9-22)20(24)19-13-16-5-1-2-7-18(16)25-19/h1-7,12-13H,8-11,14H2/p+1. The maximum atomic E-state index is 12.8. The van der Waals surface area contributed by atoms with Gasteiger partial charge in [0.15, 0.2) is 0 Å². The summed E-state index contributed by atoms with van der Waals surface area (Å²) in [6.07, 6.45) is 0. The fraction of sp³-hybridized carbons (Fsp3) is 0.250. The van der Waals surface area contributed by atoms with Gasteiger partial charge in [0.25, 0.3) is 5.91 Å². The second kappa shape index (κ2) is 7.16. The summed E-state index contributed by atoms with van der Waals surface area (Å²) in [6.45, 7) is 4.53. The molecular weight excluding hydrogens is 352 g/mol. The molecule has 0 bridgehead atoms. The number of benzene rings is 2. The highest BCUT2D eigenvalue weighted by molar-refractivity contribution is 7.20. The second-order valence-corrected chi connectivity index (χ2v) is 8.02. The molecule has 2 heterocycles. The quantitative estimate of drug-likeness (QED) is 0.751. The fourth-order valence-electron chi connectivity index (χ4n) is 3.38. The number of piperazine rings is 1. The topological polar surface area (TPSA) is 24.8 Å². The minimum atomic E-state index is 0.169. The van der Waals surface area contributed by atoms with E-state index in [0.29, 0.717) is 0 Å². The third-order valence-electron chi connectivity index (χ3n) is 4.74. The van der Waals surface area contributed by atoms with Gasteiger partial charge in [-0.3, -0.25) is 4.79 Å². The van der Waals surface area contributed by atoms with E-state index in [1.807, 2.05) is 41.3 Å². The third-order valence-corrected chi connectivity index (χ3v) is 6.08. The fourth-order valence-corrected chi connectivity index (χ4v) is 4.63. The van der Waals surface area contributed by atoms with E-state index in [0.717, 1.165) is 48.0 Å². The summed E-state index contributed by atoms with van der Waals surface area (Å²) in [5.41, 5.74) is 1.26. The van der Waals surface area contributed by atoms with Crippen LogP contribution in [0.3, 0.4) is 0 Å². The predicted molar refractivity (Wildman–Crippen MR) is 104 cm³/mol. The summed E-state index contributed by atoms with van der Waals surface area (Å²) >= 11 is 7.66. The molecule has 128 valence electrons. The molecule has 1 N–H and O–H groups in total.